The van der Waals surface area contributed by atoms with Crippen LogP contribution >= 0.6 is 0 Å². The molecule has 0 bridgehead atoms. The van der Waals surface area contributed by atoms with Gasteiger partial charge in [0.2, 0.25) is 0 Å². The second kappa shape index (κ2) is 6.44. The van der Waals surface area contributed by atoms with Crippen molar-refractivity contribution in [3.8, 4) is 5.75 Å². The summed E-state index contributed by atoms with van der Waals surface area (Å²) in [5, 5.41) is 8.90. The lowest BCUT2D eigenvalue weighted by atomic mass is 10.2. The third-order valence-electron chi connectivity index (χ3n) is 3.54. The topological polar surface area (TPSA) is 83.9 Å². The van der Waals surface area contributed by atoms with Crippen molar-refractivity contribution >= 4 is 15.8 Å². The van der Waals surface area contributed by atoms with E-state index in [-0.39, 0.29) is 23.1 Å². The molecule has 0 aliphatic carbocycles. The van der Waals surface area contributed by atoms with E-state index in [2.05, 4.69) is 4.90 Å². The molecule has 1 aliphatic heterocycles. The minimum Gasteiger partial charge on any atom is -0.492 e. The molecule has 1 atom stereocenters. The van der Waals surface area contributed by atoms with E-state index in [0.717, 1.165) is 0 Å². The van der Waals surface area contributed by atoms with Crippen LogP contribution in [0.15, 0.2) is 24.3 Å². The van der Waals surface area contributed by atoms with E-state index >= 15 is 0 Å². The first-order valence-electron chi connectivity index (χ1n) is 6.78. The monoisotopic (exact) mass is 313 g/mol. The van der Waals surface area contributed by atoms with E-state index in [1.54, 1.807) is 12.1 Å². The number of sulfone groups is 1. The molecule has 0 radical (unpaired) electrons. The molecule has 1 aromatic carbocycles. The predicted octanol–water partition coefficient (Wildman–Crippen LogP) is 0.883. The van der Waals surface area contributed by atoms with Crippen LogP contribution in [0.5, 0.6) is 5.75 Å². The molecule has 1 unspecified atom stereocenters. The number of hydrogen-bond donors (Lipinski definition) is 1. The Morgan fingerprint density at radius 2 is 2.24 bits per heavy atom. The first kappa shape index (κ1) is 15.8. The van der Waals surface area contributed by atoms with Crippen LogP contribution in [0.1, 0.15) is 17.3 Å². The van der Waals surface area contributed by atoms with E-state index < -0.39 is 15.8 Å². The third kappa shape index (κ3) is 4.44. The summed E-state index contributed by atoms with van der Waals surface area (Å²) in [7, 11) is -2.90. The number of ether oxygens (including phenoxy) is 1. The molecule has 2 rings (SSSR count). The Balaban J connectivity index is 1.85. The highest BCUT2D eigenvalue weighted by molar-refractivity contribution is 7.91. The summed E-state index contributed by atoms with van der Waals surface area (Å²) in [4.78, 5) is 12.9. The quantitative estimate of drug-likeness (QED) is 0.869. The third-order valence-corrected chi connectivity index (χ3v) is 5.33. The Kier molecular flexibility index (Phi) is 4.84. The van der Waals surface area contributed by atoms with Gasteiger partial charge in [-0.2, -0.15) is 0 Å². The number of nitrogens with zero attached hydrogens (tertiary/aromatic N) is 1. The molecular weight excluding hydrogens is 294 g/mol. The van der Waals surface area contributed by atoms with Gasteiger partial charge in [-0.3, -0.25) is 4.90 Å². The van der Waals surface area contributed by atoms with Gasteiger partial charge >= 0.3 is 5.97 Å². The molecule has 1 N–H and O–H groups in total. The highest BCUT2D eigenvalue weighted by Gasteiger charge is 2.27. The Bertz CT molecular complexity index is 614. The molecule has 1 saturated heterocycles. The first-order chi connectivity index (χ1) is 9.87. The molecule has 7 heteroatoms. The number of benzene rings is 1. The Labute approximate surface area is 124 Å². The molecule has 0 saturated carbocycles. The van der Waals surface area contributed by atoms with Crippen LogP contribution in [-0.4, -0.2) is 61.6 Å². The maximum atomic E-state index is 11.5. The van der Waals surface area contributed by atoms with Crippen LogP contribution in [0.2, 0.25) is 0 Å². The molecule has 1 heterocycles. The van der Waals surface area contributed by atoms with Crippen molar-refractivity contribution in [1.82, 2.24) is 4.90 Å². The lowest BCUT2D eigenvalue weighted by Gasteiger charge is -2.32. The summed E-state index contributed by atoms with van der Waals surface area (Å²) in [6.07, 6.45) is 0. The standard InChI is InChI=1S/C14H19NO5S/c1-11-10-21(18,19)8-6-15(11)5-7-20-13-4-2-3-12(9-13)14(16)17/h2-4,9,11H,5-8,10H2,1H3,(H,16,17). The fourth-order valence-corrected chi connectivity index (χ4v) is 3.99. The minimum absolute atomic E-state index is 0.0160. The van der Waals surface area contributed by atoms with Crippen LogP contribution in [0.4, 0.5) is 0 Å². The van der Waals surface area contributed by atoms with Gasteiger partial charge in [0, 0.05) is 19.1 Å². The molecule has 1 fully saturated rings. The van der Waals surface area contributed by atoms with Crippen LogP contribution in [0, 0.1) is 0 Å². The SMILES string of the molecule is CC1CS(=O)(=O)CCN1CCOc1cccc(C(=O)O)c1. The summed E-state index contributed by atoms with van der Waals surface area (Å²) in [6, 6.07) is 6.31. The summed E-state index contributed by atoms with van der Waals surface area (Å²) in [5.41, 5.74) is 0.185. The zero-order chi connectivity index (χ0) is 15.5. The van der Waals surface area contributed by atoms with Crippen LogP contribution in [0.25, 0.3) is 0 Å². The number of rotatable bonds is 5. The Morgan fingerprint density at radius 3 is 2.90 bits per heavy atom. The maximum Gasteiger partial charge on any atom is 0.335 e. The van der Waals surface area contributed by atoms with Gasteiger partial charge in [0.05, 0.1) is 17.1 Å². The summed E-state index contributed by atoms with van der Waals surface area (Å²) in [5.74, 6) is -0.115. The molecule has 6 nitrogen and oxygen atoms in total. The lowest BCUT2D eigenvalue weighted by molar-refractivity contribution is 0.0696. The van der Waals surface area contributed by atoms with E-state index in [0.29, 0.717) is 25.4 Å². The number of aromatic carboxylic acids is 1. The number of hydrogen-bond acceptors (Lipinski definition) is 5. The van der Waals surface area contributed by atoms with Crippen molar-refractivity contribution in [3.63, 3.8) is 0 Å². The summed E-state index contributed by atoms with van der Waals surface area (Å²) < 4.78 is 28.5. The van der Waals surface area contributed by atoms with Crippen LogP contribution < -0.4 is 4.74 Å². The van der Waals surface area contributed by atoms with Crippen molar-refractivity contribution in [3.05, 3.63) is 29.8 Å². The zero-order valence-corrected chi connectivity index (χ0v) is 12.7. The first-order valence-corrected chi connectivity index (χ1v) is 8.60. The van der Waals surface area contributed by atoms with Gasteiger partial charge in [-0.25, -0.2) is 13.2 Å². The molecule has 0 spiro atoms. The van der Waals surface area contributed by atoms with Gasteiger partial charge in [-0.1, -0.05) is 6.07 Å². The normalized spacial score (nSPS) is 21.9. The number of carboxylic acid groups (broad SMARTS) is 1. The number of carboxylic acids is 1. The van der Waals surface area contributed by atoms with E-state index in [9.17, 15) is 13.2 Å². The molecule has 0 aromatic heterocycles. The molecule has 21 heavy (non-hydrogen) atoms. The fraction of sp³-hybridized carbons (Fsp3) is 0.500. The van der Waals surface area contributed by atoms with Crippen molar-refractivity contribution in [2.75, 3.05) is 31.2 Å². The summed E-state index contributed by atoms with van der Waals surface area (Å²) in [6.45, 7) is 3.42. The molecule has 0 amide bonds. The highest BCUT2D eigenvalue weighted by atomic mass is 32.2. The van der Waals surface area contributed by atoms with Crippen molar-refractivity contribution in [2.24, 2.45) is 0 Å². The Morgan fingerprint density at radius 1 is 1.48 bits per heavy atom. The molecular formula is C14H19NO5S. The second-order valence-electron chi connectivity index (χ2n) is 5.18. The van der Waals surface area contributed by atoms with E-state index in [1.807, 2.05) is 6.92 Å². The fourth-order valence-electron chi connectivity index (χ4n) is 2.36. The van der Waals surface area contributed by atoms with E-state index in [1.165, 1.54) is 12.1 Å². The minimum atomic E-state index is -2.90. The molecule has 116 valence electrons. The summed E-state index contributed by atoms with van der Waals surface area (Å²) >= 11 is 0. The average Bonchev–Trinajstić information content (AvgIpc) is 2.41. The maximum absolute atomic E-state index is 11.5. The van der Waals surface area contributed by atoms with E-state index in [4.69, 9.17) is 9.84 Å². The van der Waals surface area contributed by atoms with Gasteiger partial charge in [-0.05, 0) is 25.1 Å². The van der Waals surface area contributed by atoms with Crippen molar-refractivity contribution in [1.29, 1.82) is 0 Å². The largest absolute Gasteiger partial charge is 0.492 e. The highest BCUT2D eigenvalue weighted by Crippen LogP contribution is 2.14. The zero-order valence-electron chi connectivity index (χ0n) is 11.9. The van der Waals surface area contributed by atoms with Gasteiger partial charge < -0.3 is 9.84 Å². The van der Waals surface area contributed by atoms with Crippen molar-refractivity contribution in [2.45, 2.75) is 13.0 Å². The lowest BCUT2D eigenvalue weighted by Crippen LogP contribution is -2.48. The van der Waals surface area contributed by atoms with Crippen molar-refractivity contribution < 1.29 is 23.1 Å². The Hall–Kier alpha value is -1.60. The average molecular weight is 313 g/mol. The van der Waals surface area contributed by atoms with Gasteiger partial charge in [0.15, 0.2) is 9.84 Å². The molecule has 1 aromatic rings. The smallest absolute Gasteiger partial charge is 0.335 e. The molecule has 1 aliphatic rings. The van der Waals surface area contributed by atoms with Gasteiger partial charge in [0.25, 0.3) is 0 Å². The van der Waals surface area contributed by atoms with Gasteiger partial charge in [0.1, 0.15) is 12.4 Å². The second-order valence-corrected chi connectivity index (χ2v) is 7.41. The van der Waals surface area contributed by atoms with Crippen LogP contribution in [-0.2, 0) is 9.84 Å². The number of carbonyl (C=O) groups is 1. The van der Waals surface area contributed by atoms with Crippen LogP contribution in [0.3, 0.4) is 0 Å². The predicted molar refractivity (Wildman–Crippen MR) is 78.6 cm³/mol. The van der Waals surface area contributed by atoms with Gasteiger partial charge in [-0.15, -0.1) is 0 Å².